The van der Waals surface area contributed by atoms with Crippen molar-refractivity contribution in [1.82, 2.24) is 5.32 Å². The molecule has 1 unspecified atom stereocenters. The summed E-state index contributed by atoms with van der Waals surface area (Å²) >= 11 is 0. The van der Waals surface area contributed by atoms with Gasteiger partial charge in [-0.1, -0.05) is 36.9 Å². The molecule has 1 atom stereocenters. The molecule has 2 nitrogen and oxygen atoms in total. The Bertz CT molecular complexity index is 368. The van der Waals surface area contributed by atoms with Crippen LogP contribution in [0.25, 0.3) is 5.57 Å². The number of rotatable bonds is 5. The van der Waals surface area contributed by atoms with Gasteiger partial charge in [0.05, 0.1) is 0 Å². The van der Waals surface area contributed by atoms with Gasteiger partial charge in [0.2, 0.25) is 0 Å². The zero-order valence-corrected chi connectivity index (χ0v) is 11.2. The number of ether oxygens (including phenoxy) is 1. The molecule has 18 heavy (non-hydrogen) atoms. The molecule has 1 aromatic carbocycles. The summed E-state index contributed by atoms with van der Waals surface area (Å²) < 4.78 is 5.40. The summed E-state index contributed by atoms with van der Waals surface area (Å²) in [4.78, 5) is 0. The number of hydrogen-bond acceptors (Lipinski definition) is 2. The average Bonchev–Trinajstić information content (AvgIpc) is 2.46. The van der Waals surface area contributed by atoms with Gasteiger partial charge >= 0.3 is 0 Å². The van der Waals surface area contributed by atoms with Crippen LogP contribution in [0.5, 0.6) is 0 Å². The third-order valence-corrected chi connectivity index (χ3v) is 3.79. The maximum absolute atomic E-state index is 5.40. The molecule has 2 rings (SSSR count). The van der Waals surface area contributed by atoms with Crippen molar-refractivity contribution in [3.05, 3.63) is 42.5 Å². The van der Waals surface area contributed by atoms with Gasteiger partial charge in [-0.2, -0.15) is 0 Å². The smallest absolute Gasteiger partial charge is 0.0469 e. The summed E-state index contributed by atoms with van der Waals surface area (Å²) in [6.07, 6.45) is 2.35. The highest BCUT2D eigenvalue weighted by atomic mass is 16.5. The summed E-state index contributed by atoms with van der Waals surface area (Å²) in [6, 6.07) is 10.9. The van der Waals surface area contributed by atoms with Crippen LogP contribution in [0.1, 0.15) is 25.3 Å². The predicted molar refractivity (Wildman–Crippen MR) is 76.5 cm³/mol. The van der Waals surface area contributed by atoms with Crippen molar-refractivity contribution in [3.8, 4) is 0 Å². The Labute approximate surface area is 110 Å². The summed E-state index contributed by atoms with van der Waals surface area (Å²) in [7, 11) is 0. The van der Waals surface area contributed by atoms with Crippen molar-refractivity contribution < 1.29 is 4.74 Å². The normalized spacial score (nSPS) is 18.5. The number of benzene rings is 1. The largest absolute Gasteiger partial charge is 0.381 e. The molecule has 1 N–H and O–H groups in total. The summed E-state index contributed by atoms with van der Waals surface area (Å²) in [5.41, 5.74) is 2.39. The minimum absolute atomic E-state index is 0.536. The molecule has 0 aliphatic carbocycles. The lowest BCUT2D eigenvalue weighted by Gasteiger charge is -2.28. The Morgan fingerprint density at radius 3 is 2.67 bits per heavy atom. The third kappa shape index (κ3) is 3.69. The van der Waals surface area contributed by atoms with Gasteiger partial charge in [0, 0.05) is 25.8 Å². The average molecular weight is 245 g/mol. The van der Waals surface area contributed by atoms with Gasteiger partial charge in [0.15, 0.2) is 0 Å². The second kappa shape index (κ2) is 6.72. The maximum Gasteiger partial charge on any atom is 0.0469 e. The van der Waals surface area contributed by atoms with Gasteiger partial charge in [-0.15, -0.1) is 0 Å². The van der Waals surface area contributed by atoms with Gasteiger partial charge in [0.25, 0.3) is 0 Å². The van der Waals surface area contributed by atoms with Gasteiger partial charge in [0.1, 0.15) is 0 Å². The van der Waals surface area contributed by atoms with Crippen LogP contribution in [-0.2, 0) is 4.74 Å². The lowest BCUT2D eigenvalue weighted by atomic mass is 9.92. The van der Waals surface area contributed by atoms with E-state index in [1.807, 2.05) is 6.07 Å². The van der Waals surface area contributed by atoms with Crippen LogP contribution in [0.15, 0.2) is 36.9 Å². The molecular formula is C16H23NO. The molecule has 1 aliphatic rings. The van der Waals surface area contributed by atoms with E-state index < -0.39 is 0 Å². The lowest BCUT2D eigenvalue weighted by Crippen LogP contribution is -2.37. The first kappa shape index (κ1) is 13.3. The highest BCUT2D eigenvalue weighted by Crippen LogP contribution is 2.19. The third-order valence-electron chi connectivity index (χ3n) is 3.79. The minimum Gasteiger partial charge on any atom is -0.381 e. The molecule has 0 spiro atoms. The second-order valence-corrected chi connectivity index (χ2v) is 5.09. The Kier molecular flexibility index (Phi) is 4.97. The summed E-state index contributed by atoms with van der Waals surface area (Å²) in [6.45, 7) is 9.12. The number of nitrogens with one attached hydrogen (secondary N) is 1. The van der Waals surface area contributed by atoms with Crippen LogP contribution in [0, 0.1) is 5.92 Å². The first-order chi connectivity index (χ1) is 8.77. The fourth-order valence-electron chi connectivity index (χ4n) is 2.44. The SMILES string of the molecule is C=C(CNC(C)C1CCOCC1)c1ccccc1. The highest BCUT2D eigenvalue weighted by molar-refractivity contribution is 5.64. The zero-order valence-electron chi connectivity index (χ0n) is 11.2. The molecule has 1 aliphatic heterocycles. The van der Waals surface area contributed by atoms with Gasteiger partial charge < -0.3 is 10.1 Å². The van der Waals surface area contributed by atoms with Crippen LogP contribution >= 0.6 is 0 Å². The lowest BCUT2D eigenvalue weighted by molar-refractivity contribution is 0.0565. The Morgan fingerprint density at radius 2 is 2.00 bits per heavy atom. The Balaban J connectivity index is 1.78. The molecule has 98 valence electrons. The molecule has 0 saturated carbocycles. The second-order valence-electron chi connectivity index (χ2n) is 5.09. The molecule has 0 aromatic heterocycles. The molecule has 2 heteroatoms. The predicted octanol–water partition coefficient (Wildman–Crippen LogP) is 3.10. The van der Waals surface area contributed by atoms with Crippen LogP contribution < -0.4 is 5.32 Å². The fraction of sp³-hybridized carbons (Fsp3) is 0.500. The van der Waals surface area contributed by atoms with Crippen molar-refractivity contribution in [3.63, 3.8) is 0 Å². The van der Waals surface area contributed by atoms with Gasteiger partial charge in [-0.3, -0.25) is 0 Å². The molecule has 0 amide bonds. The Morgan fingerprint density at radius 1 is 1.33 bits per heavy atom. The van der Waals surface area contributed by atoms with E-state index in [1.54, 1.807) is 0 Å². The van der Waals surface area contributed by atoms with E-state index in [9.17, 15) is 0 Å². The van der Waals surface area contributed by atoms with E-state index in [2.05, 4.69) is 43.1 Å². The molecule has 1 aromatic rings. The molecule has 1 heterocycles. The monoisotopic (exact) mass is 245 g/mol. The molecule has 1 fully saturated rings. The summed E-state index contributed by atoms with van der Waals surface area (Å²) in [5, 5.41) is 3.60. The standard InChI is InChI=1S/C16H23NO/c1-13(15-6-4-3-5-7-15)12-17-14(2)16-8-10-18-11-9-16/h3-7,14,16-17H,1,8-12H2,2H3. The van der Waals surface area contributed by atoms with Crippen LogP contribution in [0.3, 0.4) is 0 Å². The van der Waals surface area contributed by atoms with E-state index in [0.717, 1.165) is 31.2 Å². The first-order valence-corrected chi connectivity index (χ1v) is 6.81. The zero-order chi connectivity index (χ0) is 12.8. The topological polar surface area (TPSA) is 21.3 Å². The molecule has 0 radical (unpaired) electrons. The van der Waals surface area contributed by atoms with Crippen LogP contribution in [0.2, 0.25) is 0 Å². The quantitative estimate of drug-likeness (QED) is 0.860. The highest BCUT2D eigenvalue weighted by Gasteiger charge is 2.19. The maximum atomic E-state index is 5.40. The van der Waals surface area contributed by atoms with Crippen molar-refractivity contribution in [1.29, 1.82) is 0 Å². The minimum atomic E-state index is 0.536. The van der Waals surface area contributed by atoms with Gasteiger partial charge in [-0.25, -0.2) is 0 Å². The van der Waals surface area contributed by atoms with E-state index in [-0.39, 0.29) is 0 Å². The van der Waals surface area contributed by atoms with E-state index in [0.29, 0.717) is 6.04 Å². The summed E-state index contributed by atoms with van der Waals surface area (Å²) in [5.74, 6) is 0.738. The van der Waals surface area contributed by atoms with E-state index in [1.165, 1.54) is 18.4 Å². The van der Waals surface area contributed by atoms with Crippen molar-refractivity contribution in [2.75, 3.05) is 19.8 Å². The fourth-order valence-corrected chi connectivity index (χ4v) is 2.44. The molecule has 1 saturated heterocycles. The molecule has 0 bridgehead atoms. The van der Waals surface area contributed by atoms with Crippen LogP contribution in [0.4, 0.5) is 0 Å². The first-order valence-electron chi connectivity index (χ1n) is 6.81. The number of hydrogen-bond donors (Lipinski definition) is 1. The van der Waals surface area contributed by atoms with Gasteiger partial charge in [-0.05, 0) is 36.8 Å². The van der Waals surface area contributed by atoms with Crippen molar-refractivity contribution in [2.24, 2.45) is 5.92 Å². The van der Waals surface area contributed by atoms with Crippen molar-refractivity contribution in [2.45, 2.75) is 25.8 Å². The van der Waals surface area contributed by atoms with E-state index >= 15 is 0 Å². The van der Waals surface area contributed by atoms with Crippen molar-refractivity contribution >= 4 is 5.57 Å². The Hall–Kier alpha value is -1.12. The molecular weight excluding hydrogens is 222 g/mol. The van der Waals surface area contributed by atoms with Crippen LogP contribution in [-0.4, -0.2) is 25.8 Å². The van der Waals surface area contributed by atoms with E-state index in [4.69, 9.17) is 4.74 Å².